The lowest BCUT2D eigenvalue weighted by atomic mass is 10.3. The van der Waals surface area contributed by atoms with E-state index in [-0.39, 0.29) is 4.99 Å². The van der Waals surface area contributed by atoms with E-state index >= 15 is 0 Å². The van der Waals surface area contributed by atoms with Gasteiger partial charge in [-0.15, -0.1) is 0 Å². The van der Waals surface area contributed by atoms with Crippen LogP contribution in [0.15, 0.2) is 36.4 Å². The van der Waals surface area contributed by atoms with Crippen molar-refractivity contribution in [2.75, 3.05) is 14.2 Å². The summed E-state index contributed by atoms with van der Waals surface area (Å²) in [5.74, 6) is 1.90. The number of rotatable bonds is 5. The molecule has 6 heteroatoms. The molecule has 2 N–H and O–H groups in total. The Hall–Kier alpha value is -2.34. The second kappa shape index (κ2) is 6.21. The van der Waals surface area contributed by atoms with Gasteiger partial charge < -0.3 is 19.9 Å². The SMILES string of the molecule is COc1cccc(OC)c1Oc1cccc(C(N)=S)n1. The van der Waals surface area contributed by atoms with E-state index in [1.165, 1.54) is 0 Å². The Kier molecular flexibility index (Phi) is 4.37. The van der Waals surface area contributed by atoms with Crippen molar-refractivity contribution in [3.05, 3.63) is 42.1 Å². The van der Waals surface area contributed by atoms with Crippen LogP contribution in [0.4, 0.5) is 0 Å². The van der Waals surface area contributed by atoms with E-state index in [2.05, 4.69) is 4.98 Å². The van der Waals surface area contributed by atoms with Crippen molar-refractivity contribution in [1.82, 2.24) is 4.98 Å². The predicted molar refractivity (Wildman–Crippen MR) is 79.7 cm³/mol. The Balaban J connectivity index is 2.39. The lowest BCUT2D eigenvalue weighted by Crippen LogP contribution is -2.11. The Labute approximate surface area is 122 Å². The molecule has 0 atom stereocenters. The molecule has 0 bridgehead atoms. The van der Waals surface area contributed by atoms with E-state index in [0.29, 0.717) is 28.8 Å². The standard InChI is InChI=1S/C14H14N2O3S/c1-17-10-6-4-7-11(18-2)13(10)19-12-8-3-5-9(16-12)14(15)20/h3-8H,1-2H3,(H2,15,20). The summed E-state index contributed by atoms with van der Waals surface area (Å²) in [6.45, 7) is 0. The van der Waals surface area contributed by atoms with Gasteiger partial charge in [-0.25, -0.2) is 4.98 Å². The van der Waals surface area contributed by atoms with Gasteiger partial charge in [-0.3, -0.25) is 0 Å². The first-order valence-corrected chi connectivity index (χ1v) is 6.22. The van der Waals surface area contributed by atoms with Crippen molar-refractivity contribution in [3.63, 3.8) is 0 Å². The summed E-state index contributed by atoms with van der Waals surface area (Å²) < 4.78 is 16.2. The minimum absolute atomic E-state index is 0.211. The highest BCUT2D eigenvalue weighted by atomic mass is 32.1. The molecule has 0 saturated heterocycles. The average molecular weight is 290 g/mol. The van der Waals surface area contributed by atoms with E-state index in [1.807, 2.05) is 6.07 Å². The van der Waals surface area contributed by atoms with Gasteiger partial charge in [-0.05, 0) is 18.2 Å². The number of nitrogens with two attached hydrogens (primary N) is 1. The summed E-state index contributed by atoms with van der Waals surface area (Å²) >= 11 is 4.89. The highest BCUT2D eigenvalue weighted by Gasteiger charge is 2.13. The molecule has 0 amide bonds. The van der Waals surface area contributed by atoms with Crippen LogP contribution in [-0.4, -0.2) is 24.2 Å². The third kappa shape index (κ3) is 2.97. The van der Waals surface area contributed by atoms with Crippen LogP contribution in [0.5, 0.6) is 23.1 Å². The minimum Gasteiger partial charge on any atom is -0.493 e. The third-order valence-electron chi connectivity index (χ3n) is 2.57. The van der Waals surface area contributed by atoms with Gasteiger partial charge in [-0.1, -0.05) is 24.4 Å². The predicted octanol–water partition coefficient (Wildman–Crippen LogP) is 2.53. The molecule has 1 aromatic heterocycles. The molecule has 0 fully saturated rings. The second-order valence-corrected chi connectivity index (χ2v) is 4.26. The fraction of sp³-hybridized carbons (Fsp3) is 0.143. The Morgan fingerprint density at radius 2 is 1.65 bits per heavy atom. The number of thiocarbonyl (C=S) groups is 1. The normalized spacial score (nSPS) is 9.90. The summed E-state index contributed by atoms with van der Waals surface area (Å²) in [6, 6.07) is 10.5. The number of methoxy groups -OCH3 is 2. The molecular formula is C14H14N2O3S. The van der Waals surface area contributed by atoms with Crippen LogP contribution in [-0.2, 0) is 0 Å². The third-order valence-corrected chi connectivity index (χ3v) is 2.77. The fourth-order valence-electron chi connectivity index (χ4n) is 1.63. The van der Waals surface area contributed by atoms with Crippen molar-refractivity contribution >= 4 is 17.2 Å². The Morgan fingerprint density at radius 3 is 2.20 bits per heavy atom. The zero-order valence-electron chi connectivity index (χ0n) is 11.1. The van der Waals surface area contributed by atoms with Crippen LogP contribution < -0.4 is 19.9 Å². The van der Waals surface area contributed by atoms with Gasteiger partial charge in [0.1, 0.15) is 10.7 Å². The Morgan fingerprint density at radius 1 is 1.05 bits per heavy atom. The summed E-state index contributed by atoms with van der Waals surface area (Å²) in [4.78, 5) is 4.43. The van der Waals surface area contributed by atoms with Crippen LogP contribution in [0.25, 0.3) is 0 Å². The molecule has 1 heterocycles. The molecule has 0 unspecified atom stereocenters. The van der Waals surface area contributed by atoms with Gasteiger partial charge >= 0.3 is 0 Å². The monoisotopic (exact) mass is 290 g/mol. The zero-order valence-corrected chi connectivity index (χ0v) is 11.9. The van der Waals surface area contributed by atoms with Gasteiger partial charge in [0.2, 0.25) is 11.6 Å². The molecule has 1 aromatic carbocycles. The second-order valence-electron chi connectivity index (χ2n) is 3.82. The number of ether oxygens (including phenoxy) is 3. The van der Waals surface area contributed by atoms with Gasteiger partial charge in [0.05, 0.1) is 14.2 Å². The largest absolute Gasteiger partial charge is 0.493 e. The summed E-state index contributed by atoms with van der Waals surface area (Å²) in [5.41, 5.74) is 6.04. The maximum absolute atomic E-state index is 5.74. The first-order chi connectivity index (χ1) is 9.65. The highest BCUT2D eigenvalue weighted by Crippen LogP contribution is 2.39. The summed E-state index contributed by atoms with van der Waals surface area (Å²) in [7, 11) is 3.11. The lowest BCUT2D eigenvalue weighted by molar-refractivity contribution is 0.342. The van der Waals surface area contributed by atoms with E-state index < -0.39 is 0 Å². The maximum Gasteiger partial charge on any atom is 0.220 e. The molecule has 0 aliphatic carbocycles. The fourth-order valence-corrected chi connectivity index (χ4v) is 1.74. The molecule has 0 radical (unpaired) electrons. The maximum atomic E-state index is 5.74. The van der Waals surface area contributed by atoms with Crippen LogP contribution in [0.3, 0.4) is 0 Å². The number of aromatic nitrogens is 1. The molecule has 20 heavy (non-hydrogen) atoms. The van der Waals surface area contributed by atoms with Gasteiger partial charge in [0, 0.05) is 6.07 Å². The number of benzene rings is 1. The number of para-hydroxylation sites is 1. The Bertz CT molecular complexity index is 609. The van der Waals surface area contributed by atoms with Crippen LogP contribution in [0, 0.1) is 0 Å². The molecule has 2 aromatic rings. The zero-order chi connectivity index (χ0) is 14.5. The lowest BCUT2D eigenvalue weighted by Gasteiger charge is -2.13. The summed E-state index contributed by atoms with van der Waals surface area (Å²) in [6.07, 6.45) is 0. The van der Waals surface area contributed by atoms with E-state index in [9.17, 15) is 0 Å². The van der Waals surface area contributed by atoms with Crippen LogP contribution in [0.1, 0.15) is 5.69 Å². The van der Waals surface area contributed by atoms with E-state index in [1.54, 1.807) is 44.6 Å². The van der Waals surface area contributed by atoms with Crippen LogP contribution in [0.2, 0.25) is 0 Å². The first-order valence-electron chi connectivity index (χ1n) is 5.81. The number of hydrogen-bond donors (Lipinski definition) is 1. The number of pyridine rings is 1. The average Bonchev–Trinajstić information content (AvgIpc) is 2.47. The first kappa shape index (κ1) is 14.1. The summed E-state index contributed by atoms with van der Waals surface area (Å²) in [5, 5.41) is 0. The van der Waals surface area contributed by atoms with Crippen molar-refractivity contribution in [3.8, 4) is 23.1 Å². The molecule has 0 aliphatic rings. The quantitative estimate of drug-likeness (QED) is 0.854. The molecule has 5 nitrogen and oxygen atoms in total. The molecule has 2 rings (SSSR count). The van der Waals surface area contributed by atoms with Crippen molar-refractivity contribution < 1.29 is 14.2 Å². The van der Waals surface area contributed by atoms with Gasteiger partial charge in [-0.2, -0.15) is 0 Å². The van der Waals surface area contributed by atoms with Crippen LogP contribution >= 0.6 is 12.2 Å². The smallest absolute Gasteiger partial charge is 0.220 e. The molecule has 0 aliphatic heterocycles. The topological polar surface area (TPSA) is 66.6 Å². The number of nitrogens with zero attached hydrogens (tertiary/aromatic N) is 1. The van der Waals surface area contributed by atoms with Gasteiger partial charge in [0.15, 0.2) is 11.5 Å². The molecule has 0 spiro atoms. The van der Waals surface area contributed by atoms with Crippen molar-refractivity contribution in [2.24, 2.45) is 5.73 Å². The highest BCUT2D eigenvalue weighted by molar-refractivity contribution is 7.80. The molecule has 0 saturated carbocycles. The van der Waals surface area contributed by atoms with Crippen molar-refractivity contribution in [1.29, 1.82) is 0 Å². The van der Waals surface area contributed by atoms with E-state index in [4.69, 9.17) is 32.2 Å². The van der Waals surface area contributed by atoms with Gasteiger partial charge in [0.25, 0.3) is 0 Å². The number of hydrogen-bond acceptors (Lipinski definition) is 5. The van der Waals surface area contributed by atoms with E-state index in [0.717, 1.165) is 0 Å². The van der Waals surface area contributed by atoms with Crippen molar-refractivity contribution in [2.45, 2.75) is 0 Å². The molecular weight excluding hydrogens is 276 g/mol. The molecule has 104 valence electrons. The minimum atomic E-state index is 0.211.